The SMILES string of the molecule is CCCCCCCCCCCCOC(=O)C1CC2C=CC1C2. The van der Waals surface area contributed by atoms with Gasteiger partial charge in [0.05, 0.1) is 12.5 Å². The molecule has 0 amide bonds. The van der Waals surface area contributed by atoms with Gasteiger partial charge in [-0.2, -0.15) is 0 Å². The molecule has 0 N–H and O–H groups in total. The van der Waals surface area contributed by atoms with Crippen LogP contribution in [0.15, 0.2) is 12.2 Å². The van der Waals surface area contributed by atoms with Crippen LogP contribution in [0.1, 0.15) is 84.0 Å². The van der Waals surface area contributed by atoms with Crippen molar-refractivity contribution in [2.24, 2.45) is 17.8 Å². The second-order valence-corrected chi connectivity index (χ2v) is 7.24. The molecule has 3 unspecified atom stereocenters. The van der Waals surface area contributed by atoms with E-state index in [1.807, 2.05) is 0 Å². The van der Waals surface area contributed by atoms with E-state index in [1.54, 1.807) is 0 Å². The largest absolute Gasteiger partial charge is 0.465 e. The summed E-state index contributed by atoms with van der Waals surface area (Å²) in [7, 11) is 0. The molecule has 2 nitrogen and oxygen atoms in total. The summed E-state index contributed by atoms with van der Waals surface area (Å²) in [6.45, 7) is 2.90. The van der Waals surface area contributed by atoms with Crippen molar-refractivity contribution in [2.75, 3.05) is 6.61 Å². The number of carbonyl (C=O) groups excluding carboxylic acids is 1. The van der Waals surface area contributed by atoms with Gasteiger partial charge in [0.2, 0.25) is 0 Å². The number of hydrogen-bond acceptors (Lipinski definition) is 2. The Labute approximate surface area is 136 Å². The van der Waals surface area contributed by atoms with Crippen LogP contribution in [0.5, 0.6) is 0 Å². The van der Waals surface area contributed by atoms with Crippen LogP contribution in [0.3, 0.4) is 0 Å². The van der Waals surface area contributed by atoms with Gasteiger partial charge in [-0.05, 0) is 31.1 Å². The summed E-state index contributed by atoms with van der Waals surface area (Å²) in [6.07, 6.45) is 19.9. The van der Waals surface area contributed by atoms with Crippen molar-refractivity contribution in [3.05, 3.63) is 12.2 Å². The quantitative estimate of drug-likeness (QED) is 0.264. The Hall–Kier alpha value is -0.790. The standard InChI is InChI=1S/C20H34O2/c1-2-3-4-5-6-7-8-9-10-11-14-22-20(21)19-16-17-12-13-18(19)15-17/h12-13,17-19H,2-11,14-16H2,1H3. The summed E-state index contributed by atoms with van der Waals surface area (Å²) in [6, 6.07) is 0. The molecule has 0 spiro atoms. The molecular formula is C20H34O2. The van der Waals surface area contributed by atoms with Crippen LogP contribution in [-0.4, -0.2) is 12.6 Å². The average Bonchev–Trinajstić information content (AvgIpc) is 3.15. The summed E-state index contributed by atoms with van der Waals surface area (Å²) in [5.41, 5.74) is 0. The molecule has 2 heteroatoms. The minimum Gasteiger partial charge on any atom is -0.465 e. The van der Waals surface area contributed by atoms with E-state index in [0.29, 0.717) is 18.4 Å². The monoisotopic (exact) mass is 306 g/mol. The van der Waals surface area contributed by atoms with Crippen molar-refractivity contribution in [3.63, 3.8) is 0 Å². The molecule has 0 aromatic carbocycles. The summed E-state index contributed by atoms with van der Waals surface area (Å²) in [5, 5.41) is 0. The maximum Gasteiger partial charge on any atom is 0.309 e. The Balaban J connectivity index is 1.37. The lowest BCUT2D eigenvalue weighted by Crippen LogP contribution is -2.21. The van der Waals surface area contributed by atoms with Gasteiger partial charge in [-0.3, -0.25) is 4.79 Å². The van der Waals surface area contributed by atoms with Gasteiger partial charge in [-0.1, -0.05) is 76.9 Å². The fourth-order valence-corrected chi connectivity index (χ4v) is 3.92. The highest BCUT2D eigenvalue weighted by Crippen LogP contribution is 2.43. The molecule has 126 valence electrons. The van der Waals surface area contributed by atoms with Crippen LogP contribution in [-0.2, 0) is 9.53 Å². The Bertz CT molecular complexity index is 348. The molecule has 2 aliphatic carbocycles. The third-order valence-electron chi connectivity index (χ3n) is 5.32. The second kappa shape index (κ2) is 10.1. The molecule has 0 radical (unpaired) electrons. The fourth-order valence-electron chi connectivity index (χ4n) is 3.92. The zero-order valence-electron chi connectivity index (χ0n) is 14.4. The van der Waals surface area contributed by atoms with Crippen LogP contribution < -0.4 is 0 Å². The predicted octanol–water partition coefficient (Wildman–Crippen LogP) is 5.66. The van der Waals surface area contributed by atoms with Crippen molar-refractivity contribution in [1.82, 2.24) is 0 Å². The van der Waals surface area contributed by atoms with Gasteiger partial charge in [0.15, 0.2) is 0 Å². The van der Waals surface area contributed by atoms with E-state index in [1.165, 1.54) is 64.2 Å². The molecule has 2 aliphatic rings. The lowest BCUT2D eigenvalue weighted by Gasteiger charge is -2.16. The van der Waals surface area contributed by atoms with Crippen LogP contribution in [0, 0.1) is 17.8 Å². The van der Waals surface area contributed by atoms with E-state index in [9.17, 15) is 4.79 Å². The molecular weight excluding hydrogens is 272 g/mol. The van der Waals surface area contributed by atoms with Crippen molar-refractivity contribution in [3.8, 4) is 0 Å². The van der Waals surface area contributed by atoms with Gasteiger partial charge in [0.1, 0.15) is 0 Å². The molecule has 2 rings (SSSR count). The molecule has 3 atom stereocenters. The minimum absolute atomic E-state index is 0.0628. The number of rotatable bonds is 12. The number of unbranched alkanes of at least 4 members (excludes halogenated alkanes) is 9. The van der Waals surface area contributed by atoms with E-state index in [2.05, 4.69) is 19.1 Å². The minimum atomic E-state index is 0.0628. The number of ether oxygens (including phenoxy) is 1. The van der Waals surface area contributed by atoms with Crippen molar-refractivity contribution < 1.29 is 9.53 Å². The first kappa shape index (κ1) is 17.6. The first-order chi connectivity index (χ1) is 10.8. The summed E-state index contributed by atoms with van der Waals surface area (Å²) < 4.78 is 5.48. The topological polar surface area (TPSA) is 26.3 Å². The number of carbonyl (C=O) groups is 1. The lowest BCUT2D eigenvalue weighted by atomic mass is 9.94. The van der Waals surface area contributed by atoms with Crippen LogP contribution in [0.4, 0.5) is 0 Å². The molecule has 1 saturated carbocycles. The number of fused-ring (bicyclic) bond motifs is 2. The van der Waals surface area contributed by atoms with Crippen molar-refractivity contribution in [1.29, 1.82) is 0 Å². The third-order valence-corrected chi connectivity index (χ3v) is 5.32. The van der Waals surface area contributed by atoms with Gasteiger partial charge in [0, 0.05) is 0 Å². The highest BCUT2D eigenvalue weighted by molar-refractivity contribution is 5.74. The molecule has 0 aromatic rings. The number of hydrogen-bond donors (Lipinski definition) is 0. The maximum absolute atomic E-state index is 12.0. The van der Waals surface area contributed by atoms with Crippen molar-refractivity contribution >= 4 is 5.97 Å². The van der Waals surface area contributed by atoms with E-state index in [-0.39, 0.29) is 11.9 Å². The van der Waals surface area contributed by atoms with Crippen LogP contribution >= 0.6 is 0 Å². The van der Waals surface area contributed by atoms with Crippen LogP contribution in [0.25, 0.3) is 0 Å². The van der Waals surface area contributed by atoms with Gasteiger partial charge >= 0.3 is 5.97 Å². The molecule has 22 heavy (non-hydrogen) atoms. The third kappa shape index (κ3) is 5.78. The van der Waals surface area contributed by atoms with E-state index < -0.39 is 0 Å². The van der Waals surface area contributed by atoms with Gasteiger partial charge in [0.25, 0.3) is 0 Å². The molecule has 0 aliphatic heterocycles. The highest BCUT2D eigenvalue weighted by atomic mass is 16.5. The molecule has 0 saturated heterocycles. The Kier molecular flexibility index (Phi) is 8.04. The first-order valence-electron chi connectivity index (χ1n) is 9.66. The maximum atomic E-state index is 12.0. The second-order valence-electron chi connectivity index (χ2n) is 7.24. The smallest absolute Gasteiger partial charge is 0.309 e. The highest BCUT2D eigenvalue weighted by Gasteiger charge is 2.40. The first-order valence-corrected chi connectivity index (χ1v) is 9.66. The summed E-state index contributed by atoms with van der Waals surface area (Å²) >= 11 is 0. The normalized spacial score (nSPS) is 25.8. The van der Waals surface area contributed by atoms with E-state index >= 15 is 0 Å². The Morgan fingerprint density at radius 3 is 2.09 bits per heavy atom. The zero-order chi connectivity index (χ0) is 15.6. The Morgan fingerprint density at radius 2 is 1.55 bits per heavy atom. The van der Waals surface area contributed by atoms with Gasteiger partial charge in [-0.25, -0.2) is 0 Å². The molecule has 0 aromatic heterocycles. The Morgan fingerprint density at radius 1 is 0.909 bits per heavy atom. The molecule has 0 heterocycles. The van der Waals surface area contributed by atoms with Crippen molar-refractivity contribution in [2.45, 2.75) is 84.0 Å². The number of esters is 1. The van der Waals surface area contributed by atoms with Gasteiger partial charge in [-0.15, -0.1) is 0 Å². The number of allylic oxidation sites excluding steroid dienone is 2. The summed E-state index contributed by atoms with van der Waals surface area (Å²) in [5.74, 6) is 1.36. The molecule has 2 bridgehead atoms. The van der Waals surface area contributed by atoms with Crippen LogP contribution in [0.2, 0.25) is 0 Å². The summed E-state index contributed by atoms with van der Waals surface area (Å²) in [4.78, 5) is 12.0. The predicted molar refractivity (Wildman–Crippen MR) is 91.6 cm³/mol. The zero-order valence-corrected chi connectivity index (χ0v) is 14.4. The van der Waals surface area contributed by atoms with Gasteiger partial charge < -0.3 is 4.74 Å². The van der Waals surface area contributed by atoms with E-state index in [4.69, 9.17) is 4.74 Å². The average molecular weight is 306 g/mol. The van der Waals surface area contributed by atoms with E-state index in [0.717, 1.165) is 12.8 Å². The fraction of sp³-hybridized carbons (Fsp3) is 0.850. The lowest BCUT2D eigenvalue weighted by molar-refractivity contribution is -0.149. The molecule has 1 fully saturated rings.